The van der Waals surface area contributed by atoms with Gasteiger partial charge in [0.1, 0.15) is 11.3 Å². The first-order valence-electron chi connectivity index (χ1n) is 9.29. The summed E-state index contributed by atoms with van der Waals surface area (Å²) in [7, 11) is 0. The minimum Gasteiger partial charge on any atom is -0.338 e. The number of carbonyl (C=O) groups is 1. The number of halogens is 3. The molecule has 1 saturated heterocycles. The van der Waals surface area contributed by atoms with E-state index in [4.69, 9.17) is 0 Å². The Morgan fingerprint density at radius 3 is 2.67 bits per heavy atom. The molecule has 154 valence electrons. The molecule has 8 nitrogen and oxygen atoms in total. The number of amidine groups is 1. The van der Waals surface area contributed by atoms with Gasteiger partial charge in [0.15, 0.2) is 27.1 Å². The zero-order valence-corrected chi connectivity index (χ0v) is 17.8. The lowest BCUT2D eigenvalue weighted by Gasteiger charge is -2.31. The van der Waals surface area contributed by atoms with Gasteiger partial charge in [0.05, 0.1) is 17.4 Å². The monoisotopic (exact) mass is 523 g/mol. The summed E-state index contributed by atoms with van der Waals surface area (Å²) in [6.45, 7) is 0.108. The van der Waals surface area contributed by atoms with Gasteiger partial charge in [-0.3, -0.25) is 19.8 Å². The average Bonchev–Trinajstić information content (AvgIpc) is 3.43. The Hall–Kier alpha value is -2.83. The molecule has 2 aliphatic heterocycles. The third-order valence-corrected chi connectivity index (χ3v) is 6.29. The van der Waals surface area contributed by atoms with E-state index < -0.39 is 27.2 Å². The van der Waals surface area contributed by atoms with Crippen LogP contribution in [0.15, 0.2) is 49.3 Å². The number of carbonyl (C=O) groups excluding carboxylic acids is 1. The first-order chi connectivity index (χ1) is 14.5. The standard InChI is InChI=1S/C19H16F2IN7O/c20-19(21)4-7-28(8-5-19)18(30)13-9-12-3-6-29(17(12)24-10-13)14-1-2-15(23-11-14)16-25-22-27-26-16/h1-3,6,9-11H,4-5,7-8H2,(H,25,26,27). The Labute approximate surface area is 180 Å². The minimum atomic E-state index is -2.68. The van der Waals surface area contributed by atoms with Crippen molar-refractivity contribution < 1.29 is 13.6 Å². The van der Waals surface area contributed by atoms with Gasteiger partial charge in [-0.1, -0.05) is 0 Å². The van der Waals surface area contributed by atoms with Gasteiger partial charge in [-0.2, -0.15) is 3.21 Å². The van der Waals surface area contributed by atoms with Crippen LogP contribution in [0.25, 0.3) is 16.7 Å². The molecule has 0 aliphatic carbocycles. The second-order valence-electron chi connectivity index (χ2n) is 7.08. The molecule has 0 unspecified atom stereocenters. The number of fused-ring (bicyclic) bond motifs is 1. The van der Waals surface area contributed by atoms with Crippen molar-refractivity contribution in [2.24, 2.45) is 6.46 Å². The van der Waals surface area contributed by atoms with Gasteiger partial charge >= 0.3 is 0 Å². The number of rotatable bonds is 3. The summed E-state index contributed by atoms with van der Waals surface area (Å²) in [5.74, 6) is -2.27. The zero-order valence-electron chi connectivity index (χ0n) is 15.6. The van der Waals surface area contributed by atoms with E-state index in [0.29, 0.717) is 17.0 Å². The number of likely N-dealkylation sites (tertiary alicyclic amines) is 1. The SMILES string of the molecule is O=C(c1cnc2c(ccn2-c2ccc(C3=NI=NN3)nc2)c1)N1CCC(F)(F)CC1. The predicted octanol–water partition coefficient (Wildman–Crippen LogP) is 3.63. The van der Waals surface area contributed by atoms with Crippen molar-refractivity contribution in [2.75, 3.05) is 13.1 Å². The second-order valence-corrected chi connectivity index (χ2v) is 8.47. The maximum Gasteiger partial charge on any atom is 0.255 e. The molecule has 1 amide bonds. The maximum atomic E-state index is 13.4. The van der Waals surface area contributed by atoms with Gasteiger partial charge in [0.2, 0.25) is 0 Å². The van der Waals surface area contributed by atoms with Crippen LogP contribution in [0.1, 0.15) is 28.9 Å². The number of nitrogens with one attached hydrogen (secondary N) is 1. The van der Waals surface area contributed by atoms with Gasteiger partial charge in [0, 0.05) is 43.7 Å². The zero-order chi connectivity index (χ0) is 20.7. The van der Waals surface area contributed by atoms with Gasteiger partial charge in [-0.25, -0.2) is 13.8 Å². The van der Waals surface area contributed by atoms with E-state index in [-0.39, 0.29) is 31.8 Å². The van der Waals surface area contributed by atoms with Gasteiger partial charge in [-0.05, 0) is 24.3 Å². The fraction of sp³-hybridized carbons (Fsp3) is 0.263. The van der Waals surface area contributed by atoms with Gasteiger partial charge < -0.3 is 4.90 Å². The Kier molecular flexibility index (Phi) is 4.76. The van der Waals surface area contributed by atoms with Crippen molar-refractivity contribution in [2.45, 2.75) is 18.8 Å². The summed E-state index contributed by atoms with van der Waals surface area (Å²) in [6.07, 6.45) is 4.48. The highest BCUT2D eigenvalue weighted by Crippen LogP contribution is 2.29. The highest BCUT2D eigenvalue weighted by Gasteiger charge is 2.35. The molecule has 2 aliphatic rings. The number of aromatic nitrogens is 3. The van der Waals surface area contributed by atoms with Crippen LogP contribution in [0.2, 0.25) is 0 Å². The Morgan fingerprint density at radius 2 is 1.97 bits per heavy atom. The molecule has 0 radical (unpaired) electrons. The number of piperidine rings is 1. The predicted molar refractivity (Wildman–Crippen MR) is 115 cm³/mol. The fourth-order valence-electron chi connectivity index (χ4n) is 3.47. The number of hydrogen-bond donors (Lipinski definition) is 1. The molecule has 1 N–H and O–H groups in total. The lowest BCUT2D eigenvalue weighted by molar-refractivity contribution is -0.0494. The molecule has 3 aromatic heterocycles. The van der Waals surface area contributed by atoms with Gasteiger partial charge in [0.25, 0.3) is 11.8 Å². The Morgan fingerprint density at radius 1 is 1.13 bits per heavy atom. The summed E-state index contributed by atoms with van der Waals surface area (Å²) < 4.78 is 37.0. The third-order valence-electron chi connectivity index (χ3n) is 5.13. The normalized spacial score (nSPS) is 18.1. The summed E-state index contributed by atoms with van der Waals surface area (Å²) in [5, 5.41) is 0.789. The van der Waals surface area contributed by atoms with Crippen LogP contribution in [-0.4, -0.2) is 50.2 Å². The molecular weight excluding hydrogens is 507 g/mol. The Bertz CT molecular complexity index is 1180. The van der Waals surface area contributed by atoms with Crippen LogP contribution in [0.4, 0.5) is 8.78 Å². The van der Waals surface area contributed by atoms with Crippen LogP contribution in [-0.2, 0) is 0 Å². The van der Waals surface area contributed by atoms with Crippen molar-refractivity contribution in [1.82, 2.24) is 24.9 Å². The van der Waals surface area contributed by atoms with E-state index in [1.807, 2.05) is 29.0 Å². The molecule has 0 saturated carbocycles. The lowest BCUT2D eigenvalue weighted by Crippen LogP contribution is -2.42. The van der Waals surface area contributed by atoms with Crippen molar-refractivity contribution in [3.05, 3.63) is 54.1 Å². The van der Waals surface area contributed by atoms with Crippen molar-refractivity contribution in [3.8, 4) is 5.69 Å². The average molecular weight is 523 g/mol. The first-order valence-corrected chi connectivity index (χ1v) is 11.2. The molecule has 0 aromatic carbocycles. The summed E-state index contributed by atoms with van der Waals surface area (Å²) >= 11 is -0.533. The molecular formula is C19H16F2IN7O. The van der Waals surface area contributed by atoms with Gasteiger partial charge in [-0.15, -0.1) is 3.25 Å². The van der Waals surface area contributed by atoms with Crippen molar-refractivity contribution >= 4 is 44.1 Å². The third kappa shape index (κ3) is 3.57. The Balaban J connectivity index is 1.38. The number of alkyl halides is 2. The molecule has 0 bridgehead atoms. The van der Waals surface area contributed by atoms with E-state index in [1.54, 1.807) is 12.3 Å². The van der Waals surface area contributed by atoms with Crippen molar-refractivity contribution in [1.29, 1.82) is 0 Å². The number of hydrogen-bond acceptors (Lipinski definition) is 6. The van der Waals surface area contributed by atoms with Crippen LogP contribution in [0, 0.1) is 0 Å². The van der Waals surface area contributed by atoms with Crippen LogP contribution in [0.5, 0.6) is 0 Å². The van der Waals surface area contributed by atoms with E-state index >= 15 is 0 Å². The van der Waals surface area contributed by atoms with E-state index in [0.717, 1.165) is 16.8 Å². The van der Waals surface area contributed by atoms with Crippen LogP contribution < -0.4 is 5.43 Å². The number of pyridine rings is 2. The first kappa shape index (κ1) is 19.2. The molecule has 30 heavy (non-hydrogen) atoms. The molecule has 0 spiro atoms. The van der Waals surface area contributed by atoms with E-state index in [9.17, 15) is 13.6 Å². The molecule has 1 fully saturated rings. The summed E-state index contributed by atoms with van der Waals surface area (Å²) in [6, 6.07) is 7.39. The largest absolute Gasteiger partial charge is 0.338 e. The number of amides is 1. The topological polar surface area (TPSA) is 87.8 Å². The highest BCUT2D eigenvalue weighted by molar-refractivity contribution is 14.1. The highest BCUT2D eigenvalue weighted by atomic mass is 127. The number of nitrogens with zero attached hydrogens (tertiary/aromatic N) is 6. The molecule has 11 heteroatoms. The van der Waals surface area contributed by atoms with E-state index in [1.165, 1.54) is 11.1 Å². The van der Waals surface area contributed by atoms with E-state index in [2.05, 4.69) is 21.9 Å². The summed E-state index contributed by atoms with van der Waals surface area (Å²) in [4.78, 5) is 23.1. The fourth-order valence-corrected chi connectivity index (χ4v) is 4.49. The summed E-state index contributed by atoms with van der Waals surface area (Å²) in [5.41, 5.74) is 5.50. The molecule has 3 aromatic rings. The van der Waals surface area contributed by atoms with Crippen LogP contribution in [0.3, 0.4) is 0 Å². The smallest absolute Gasteiger partial charge is 0.255 e. The maximum absolute atomic E-state index is 13.4. The van der Waals surface area contributed by atoms with Crippen molar-refractivity contribution in [3.63, 3.8) is 0 Å². The molecule has 5 heterocycles. The molecule has 0 atom stereocenters. The quantitative estimate of drug-likeness (QED) is 0.532. The molecule has 5 rings (SSSR count). The second kappa shape index (κ2) is 7.45. The minimum absolute atomic E-state index is 0.0539. The van der Waals surface area contributed by atoms with Crippen LogP contribution >= 0.6 is 21.3 Å². The lowest BCUT2D eigenvalue weighted by atomic mass is 10.1.